The van der Waals surface area contributed by atoms with Gasteiger partial charge in [-0.2, -0.15) is 0 Å². The summed E-state index contributed by atoms with van der Waals surface area (Å²) in [5.74, 6) is 1.88. The SMILES string of the molecule is CCCc1cc(OCC)cc([C](C)CO)c1. The van der Waals surface area contributed by atoms with Crippen LogP contribution in [-0.4, -0.2) is 18.3 Å². The van der Waals surface area contributed by atoms with Crippen LogP contribution >= 0.6 is 0 Å². The lowest BCUT2D eigenvalue weighted by Crippen LogP contribution is -2.02. The quantitative estimate of drug-likeness (QED) is 0.800. The van der Waals surface area contributed by atoms with Crippen molar-refractivity contribution in [2.45, 2.75) is 33.6 Å². The first kappa shape index (κ1) is 13.0. The molecule has 2 nitrogen and oxygen atoms in total. The summed E-state index contributed by atoms with van der Waals surface area (Å²) in [6.07, 6.45) is 2.17. The minimum absolute atomic E-state index is 0.0984. The molecule has 1 aromatic rings. The average molecular weight is 221 g/mol. The monoisotopic (exact) mass is 221 g/mol. The van der Waals surface area contributed by atoms with Gasteiger partial charge in [-0.1, -0.05) is 26.3 Å². The minimum atomic E-state index is 0.0984. The fourth-order valence-corrected chi connectivity index (χ4v) is 1.68. The predicted molar refractivity (Wildman–Crippen MR) is 66.7 cm³/mol. The molecule has 16 heavy (non-hydrogen) atoms. The first-order valence-electron chi connectivity index (χ1n) is 5.91. The lowest BCUT2D eigenvalue weighted by molar-refractivity contribution is 0.314. The third kappa shape index (κ3) is 3.53. The van der Waals surface area contributed by atoms with Crippen LogP contribution in [0.1, 0.15) is 38.3 Å². The normalized spacial score (nSPS) is 10.8. The van der Waals surface area contributed by atoms with Crippen LogP contribution in [0.3, 0.4) is 0 Å². The predicted octanol–water partition coefficient (Wildman–Crippen LogP) is 2.97. The second-order valence-corrected chi connectivity index (χ2v) is 3.99. The van der Waals surface area contributed by atoms with E-state index in [1.165, 1.54) is 5.56 Å². The molecular formula is C14H21O2. The van der Waals surface area contributed by atoms with Crippen molar-refractivity contribution in [2.75, 3.05) is 13.2 Å². The smallest absolute Gasteiger partial charge is 0.119 e. The van der Waals surface area contributed by atoms with Crippen LogP contribution < -0.4 is 4.74 Å². The molecule has 0 amide bonds. The highest BCUT2D eigenvalue weighted by atomic mass is 16.5. The van der Waals surface area contributed by atoms with Crippen molar-refractivity contribution < 1.29 is 9.84 Å². The van der Waals surface area contributed by atoms with E-state index in [0.29, 0.717) is 6.61 Å². The molecule has 0 aromatic heterocycles. The highest BCUT2D eigenvalue weighted by Crippen LogP contribution is 2.23. The van der Waals surface area contributed by atoms with E-state index in [4.69, 9.17) is 9.84 Å². The Morgan fingerprint density at radius 1 is 1.25 bits per heavy atom. The molecule has 0 fully saturated rings. The van der Waals surface area contributed by atoms with Gasteiger partial charge in [0.2, 0.25) is 0 Å². The maximum atomic E-state index is 9.15. The van der Waals surface area contributed by atoms with E-state index in [0.717, 1.165) is 30.1 Å². The number of hydrogen-bond acceptors (Lipinski definition) is 2. The van der Waals surface area contributed by atoms with Crippen molar-refractivity contribution in [3.05, 3.63) is 35.2 Å². The lowest BCUT2D eigenvalue weighted by atomic mass is 9.98. The summed E-state index contributed by atoms with van der Waals surface area (Å²) in [5, 5.41) is 9.15. The number of benzene rings is 1. The van der Waals surface area contributed by atoms with Crippen LogP contribution in [0.25, 0.3) is 0 Å². The molecule has 0 saturated carbocycles. The summed E-state index contributed by atoms with van der Waals surface area (Å²) in [6.45, 7) is 6.86. The Balaban J connectivity index is 2.97. The van der Waals surface area contributed by atoms with Crippen molar-refractivity contribution in [1.29, 1.82) is 0 Å². The van der Waals surface area contributed by atoms with Gasteiger partial charge in [0.05, 0.1) is 13.2 Å². The molecule has 1 radical (unpaired) electrons. The standard InChI is InChI=1S/C14H21O2/c1-4-6-12-7-13(11(3)10-15)9-14(8-12)16-5-2/h7-9,15H,4-6,10H2,1-3H3. The molecule has 0 aliphatic rings. The summed E-state index contributed by atoms with van der Waals surface area (Å²) in [4.78, 5) is 0. The van der Waals surface area contributed by atoms with E-state index in [2.05, 4.69) is 19.1 Å². The van der Waals surface area contributed by atoms with Crippen LogP contribution in [0.2, 0.25) is 0 Å². The molecule has 2 heteroatoms. The van der Waals surface area contributed by atoms with Gasteiger partial charge in [-0.3, -0.25) is 0 Å². The van der Waals surface area contributed by atoms with Gasteiger partial charge >= 0.3 is 0 Å². The average Bonchev–Trinajstić information content (AvgIpc) is 2.28. The van der Waals surface area contributed by atoms with Crippen molar-refractivity contribution in [1.82, 2.24) is 0 Å². The van der Waals surface area contributed by atoms with Crippen molar-refractivity contribution in [2.24, 2.45) is 0 Å². The zero-order chi connectivity index (χ0) is 12.0. The Labute approximate surface area is 98.3 Å². The van der Waals surface area contributed by atoms with Crippen LogP contribution in [-0.2, 0) is 6.42 Å². The largest absolute Gasteiger partial charge is 0.494 e. The number of rotatable bonds is 6. The van der Waals surface area contributed by atoms with Gasteiger partial charge in [-0.25, -0.2) is 0 Å². The first-order chi connectivity index (χ1) is 7.71. The minimum Gasteiger partial charge on any atom is -0.494 e. The summed E-state index contributed by atoms with van der Waals surface area (Å²) in [7, 11) is 0. The fraction of sp³-hybridized carbons (Fsp3) is 0.500. The molecule has 0 bridgehead atoms. The second kappa shape index (κ2) is 6.54. The zero-order valence-corrected chi connectivity index (χ0v) is 10.4. The number of aliphatic hydroxyl groups is 1. The second-order valence-electron chi connectivity index (χ2n) is 3.99. The number of aliphatic hydroxyl groups excluding tert-OH is 1. The summed E-state index contributed by atoms with van der Waals surface area (Å²) >= 11 is 0. The molecule has 1 N–H and O–H groups in total. The molecular weight excluding hydrogens is 200 g/mol. The van der Waals surface area contributed by atoms with E-state index in [9.17, 15) is 0 Å². The van der Waals surface area contributed by atoms with Gasteiger partial charge in [0.1, 0.15) is 5.75 Å². The van der Waals surface area contributed by atoms with Crippen molar-refractivity contribution in [3.63, 3.8) is 0 Å². The number of hydrogen-bond donors (Lipinski definition) is 1. The van der Waals surface area contributed by atoms with Gasteiger partial charge in [-0.15, -0.1) is 0 Å². The molecule has 0 aliphatic carbocycles. The van der Waals surface area contributed by atoms with E-state index < -0.39 is 0 Å². The molecule has 0 heterocycles. The maximum absolute atomic E-state index is 9.15. The lowest BCUT2D eigenvalue weighted by Gasteiger charge is -2.13. The Morgan fingerprint density at radius 3 is 2.56 bits per heavy atom. The molecule has 1 aromatic carbocycles. The van der Waals surface area contributed by atoms with Crippen LogP contribution in [0.15, 0.2) is 18.2 Å². The maximum Gasteiger partial charge on any atom is 0.119 e. The summed E-state index contributed by atoms with van der Waals surface area (Å²) < 4.78 is 5.53. The van der Waals surface area contributed by atoms with Gasteiger partial charge < -0.3 is 9.84 Å². The highest BCUT2D eigenvalue weighted by molar-refractivity contribution is 5.41. The fourth-order valence-electron chi connectivity index (χ4n) is 1.68. The van der Waals surface area contributed by atoms with Gasteiger partial charge in [0.15, 0.2) is 0 Å². The van der Waals surface area contributed by atoms with Crippen molar-refractivity contribution >= 4 is 0 Å². The summed E-state index contributed by atoms with van der Waals surface area (Å²) in [6, 6.07) is 6.22. The molecule has 1 rings (SSSR count). The molecule has 0 atom stereocenters. The molecule has 0 unspecified atom stereocenters. The third-order valence-corrected chi connectivity index (χ3v) is 2.55. The Bertz CT molecular complexity index is 296. The third-order valence-electron chi connectivity index (χ3n) is 2.55. The molecule has 0 spiro atoms. The van der Waals surface area contributed by atoms with Gasteiger partial charge in [0, 0.05) is 5.92 Å². The number of aryl methyl sites for hydroxylation is 1. The van der Waals surface area contributed by atoms with E-state index >= 15 is 0 Å². The Hall–Kier alpha value is -1.02. The number of ether oxygens (including phenoxy) is 1. The Morgan fingerprint density at radius 2 is 2.00 bits per heavy atom. The van der Waals surface area contributed by atoms with Gasteiger partial charge in [0.25, 0.3) is 0 Å². The van der Waals surface area contributed by atoms with E-state index in [1.807, 2.05) is 19.9 Å². The van der Waals surface area contributed by atoms with E-state index in [-0.39, 0.29) is 6.61 Å². The molecule has 0 saturated heterocycles. The van der Waals surface area contributed by atoms with E-state index in [1.54, 1.807) is 0 Å². The highest BCUT2D eigenvalue weighted by Gasteiger charge is 2.08. The van der Waals surface area contributed by atoms with Crippen LogP contribution in [0, 0.1) is 5.92 Å². The summed E-state index contributed by atoms with van der Waals surface area (Å²) in [5.41, 5.74) is 2.35. The zero-order valence-electron chi connectivity index (χ0n) is 10.4. The topological polar surface area (TPSA) is 29.5 Å². The van der Waals surface area contributed by atoms with Crippen LogP contribution in [0.5, 0.6) is 5.75 Å². The van der Waals surface area contributed by atoms with Crippen LogP contribution in [0.4, 0.5) is 0 Å². The van der Waals surface area contributed by atoms with Crippen molar-refractivity contribution in [3.8, 4) is 5.75 Å². The molecule has 0 aliphatic heterocycles. The first-order valence-corrected chi connectivity index (χ1v) is 5.91. The Kier molecular flexibility index (Phi) is 5.33. The molecule has 89 valence electrons. The van der Waals surface area contributed by atoms with Gasteiger partial charge in [-0.05, 0) is 36.6 Å².